The number of nitrogens with zero attached hydrogens (tertiary/aromatic N) is 2. The summed E-state index contributed by atoms with van der Waals surface area (Å²) in [7, 11) is -7.80. The number of hydrogen-bond acceptors (Lipinski definition) is 6. The summed E-state index contributed by atoms with van der Waals surface area (Å²) in [5, 5.41) is -0.0574. The van der Waals surface area contributed by atoms with Crippen molar-refractivity contribution in [1.82, 2.24) is 15.0 Å². The second kappa shape index (κ2) is 10.7. The molecule has 3 aromatic rings. The summed E-state index contributed by atoms with van der Waals surface area (Å²) < 4.78 is 95.2. The molecule has 0 aliphatic carbocycles. The molecule has 0 spiro atoms. The molecule has 1 aromatic carbocycles. The molecule has 28 heavy (non-hydrogen) atoms. The van der Waals surface area contributed by atoms with Crippen LogP contribution in [0.25, 0.3) is 11.0 Å². The first-order valence-corrected chi connectivity index (χ1v) is 8.31. The maximum Gasteiger partial charge on any atom is 0.387 e. The van der Waals surface area contributed by atoms with E-state index < -0.39 is 48.7 Å². The van der Waals surface area contributed by atoms with Crippen molar-refractivity contribution >= 4 is 51.4 Å². The molecule has 8 nitrogen and oxygen atoms in total. The topological polar surface area (TPSA) is 118 Å². The smallest absolute Gasteiger partial charge is 0.387 e. The number of H-pyrrole nitrogens is 1. The number of rotatable bonds is 7. The fourth-order valence-electron chi connectivity index (χ4n) is 2.21. The molecular weight excluding hydrogens is 407 g/mol. The van der Waals surface area contributed by atoms with E-state index >= 15 is 0 Å². The molecule has 0 bridgehead atoms. The van der Waals surface area contributed by atoms with Crippen molar-refractivity contribution < 1.29 is 40.9 Å². The summed E-state index contributed by atoms with van der Waals surface area (Å²) in [5.41, 5.74) is 0.447. The second-order valence-electron chi connectivity index (χ2n) is 4.88. The number of fused-ring (bicyclic) bond motifs is 1. The van der Waals surface area contributed by atoms with Crippen LogP contribution in [0.1, 0.15) is 13.9 Å². The minimum absolute atomic E-state index is 0. The predicted octanol–water partition coefficient (Wildman–Crippen LogP) is 1.68. The summed E-state index contributed by atoms with van der Waals surface area (Å²) in [4.78, 5) is 10.8. The van der Waals surface area contributed by atoms with E-state index in [1.54, 1.807) is 0 Å². The third kappa shape index (κ3) is 5.39. The van der Waals surface area contributed by atoms with Crippen molar-refractivity contribution in [1.29, 1.82) is 0 Å². The fourth-order valence-corrected chi connectivity index (χ4v) is 3.22. The molecule has 0 saturated carbocycles. The number of aromatic amines is 1. The minimum atomic E-state index is -3.02. The van der Waals surface area contributed by atoms with Gasteiger partial charge in [0.1, 0.15) is 5.75 Å². The second-order valence-corrected chi connectivity index (χ2v) is 6.24. The van der Waals surface area contributed by atoms with Crippen LogP contribution in [0.4, 0.5) is 8.78 Å². The molecule has 2 aromatic heterocycles. The molecule has 2 heterocycles. The molecule has 0 aliphatic rings. The Morgan fingerprint density at radius 3 is 2.79 bits per heavy atom. The Morgan fingerprint density at radius 1 is 1.29 bits per heavy atom. The number of pyridine rings is 1. The molecular formula is C16H17F2N3NaO5S. The molecule has 3 rings (SSSR count). The number of ether oxygens (including phenoxy) is 3. The molecule has 0 aliphatic heterocycles. The van der Waals surface area contributed by atoms with Gasteiger partial charge in [-0.2, -0.15) is 8.78 Å². The summed E-state index contributed by atoms with van der Waals surface area (Å²) in [6, 6.07) is 5.00. The first-order chi connectivity index (χ1) is 14.8. The van der Waals surface area contributed by atoms with Crippen molar-refractivity contribution in [3.05, 3.63) is 36.2 Å². The number of halogens is 2. The fraction of sp³-hybridized carbons (Fsp3) is 0.250. The number of aromatic nitrogens is 3. The Morgan fingerprint density at radius 2 is 2.07 bits per heavy atom. The van der Waals surface area contributed by atoms with Gasteiger partial charge in [-0.3, -0.25) is 9.19 Å². The Labute approximate surface area is 192 Å². The number of imidazole rings is 1. The van der Waals surface area contributed by atoms with E-state index in [1.807, 2.05) is 0 Å². The molecule has 1 unspecified atom stereocenters. The SMILES string of the molecule is O.[2H]C([2H])([2H])Oc1ccnc(CS(=O)c2nc3ccc(OC(F)F)cc3[nH]2)c1OC([2H])([2H])[2H].[Na]. The van der Waals surface area contributed by atoms with Gasteiger partial charge in [0.15, 0.2) is 16.7 Å². The van der Waals surface area contributed by atoms with Gasteiger partial charge in [-0.15, -0.1) is 0 Å². The molecule has 0 saturated heterocycles. The molecule has 3 N–H and O–H groups in total. The Balaban J connectivity index is 0.00000289. The van der Waals surface area contributed by atoms with Gasteiger partial charge in [-0.1, -0.05) is 0 Å². The van der Waals surface area contributed by atoms with E-state index in [-0.39, 0.29) is 57.2 Å². The van der Waals surface area contributed by atoms with Crippen LogP contribution < -0.4 is 14.2 Å². The maximum atomic E-state index is 12.8. The largest absolute Gasteiger partial charge is 0.493 e. The predicted molar refractivity (Wildman–Crippen MR) is 99.5 cm³/mol. The van der Waals surface area contributed by atoms with Crippen molar-refractivity contribution in [3.63, 3.8) is 0 Å². The minimum Gasteiger partial charge on any atom is -0.493 e. The van der Waals surface area contributed by atoms with Crippen LogP contribution in [0.15, 0.2) is 35.6 Å². The van der Waals surface area contributed by atoms with E-state index in [9.17, 15) is 13.0 Å². The first-order valence-electron chi connectivity index (χ1n) is 9.99. The maximum absolute atomic E-state index is 12.8. The van der Waals surface area contributed by atoms with Crippen LogP contribution in [0.2, 0.25) is 0 Å². The van der Waals surface area contributed by atoms with E-state index in [0.29, 0.717) is 5.52 Å². The third-order valence-corrected chi connectivity index (χ3v) is 4.45. The van der Waals surface area contributed by atoms with E-state index in [1.165, 1.54) is 18.2 Å². The molecule has 0 amide bonds. The van der Waals surface area contributed by atoms with Gasteiger partial charge in [-0.25, -0.2) is 4.98 Å². The normalized spacial score (nSPS) is 15.5. The van der Waals surface area contributed by atoms with Gasteiger partial charge in [0, 0.05) is 47.9 Å². The average molecular weight is 430 g/mol. The monoisotopic (exact) mass is 430 g/mol. The summed E-state index contributed by atoms with van der Waals surface area (Å²) in [6.07, 6.45) is 1.15. The number of nitrogens with one attached hydrogen (secondary N) is 1. The van der Waals surface area contributed by atoms with Crippen molar-refractivity contribution in [2.24, 2.45) is 0 Å². The quantitative estimate of drug-likeness (QED) is 0.570. The molecule has 0 fully saturated rings. The first kappa shape index (κ1) is 16.1. The van der Waals surface area contributed by atoms with Gasteiger partial charge < -0.3 is 24.7 Å². The van der Waals surface area contributed by atoms with Crippen LogP contribution in [0.3, 0.4) is 0 Å². The van der Waals surface area contributed by atoms with E-state index in [0.717, 1.165) is 12.3 Å². The Kier molecular flexibility index (Phi) is 6.12. The molecule has 1 radical (unpaired) electrons. The van der Waals surface area contributed by atoms with Crippen LogP contribution >= 0.6 is 0 Å². The van der Waals surface area contributed by atoms with Crippen molar-refractivity contribution in [2.45, 2.75) is 17.5 Å². The zero-order valence-corrected chi connectivity index (χ0v) is 17.2. The van der Waals surface area contributed by atoms with Crippen molar-refractivity contribution in [3.8, 4) is 17.2 Å². The Hall–Kier alpha value is -1.79. The van der Waals surface area contributed by atoms with E-state index in [4.69, 9.17) is 17.7 Å². The molecule has 1 atom stereocenters. The summed E-state index contributed by atoms with van der Waals surface area (Å²) in [6.45, 7) is -3.02. The van der Waals surface area contributed by atoms with Crippen LogP contribution in [0, 0.1) is 0 Å². The van der Waals surface area contributed by atoms with Crippen molar-refractivity contribution in [2.75, 3.05) is 14.1 Å². The summed E-state index contributed by atoms with van der Waals surface area (Å²) >= 11 is 0. The van der Waals surface area contributed by atoms with Gasteiger partial charge >= 0.3 is 6.61 Å². The summed E-state index contributed by atoms with van der Waals surface area (Å²) in [5.74, 6) is -1.45. The third-order valence-electron chi connectivity index (χ3n) is 3.29. The zero-order chi connectivity index (χ0) is 23.7. The van der Waals surface area contributed by atoms with Gasteiger partial charge in [-0.05, 0) is 12.1 Å². The molecule has 12 heteroatoms. The number of hydrogen-bond donors (Lipinski definition) is 1. The number of alkyl halides is 2. The van der Waals surface area contributed by atoms with Gasteiger partial charge in [0.05, 0.1) is 55.6 Å². The number of benzene rings is 1. The average Bonchev–Trinajstić information content (AvgIpc) is 3.05. The van der Waals surface area contributed by atoms with Crippen LogP contribution in [-0.4, -0.2) is 74.9 Å². The number of methoxy groups -OCH3 is 2. The Bertz CT molecular complexity index is 1150. The van der Waals surface area contributed by atoms with Gasteiger partial charge in [0.2, 0.25) is 0 Å². The van der Waals surface area contributed by atoms with Crippen LogP contribution in [0.5, 0.6) is 17.2 Å². The van der Waals surface area contributed by atoms with Crippen LogP contribution in [-0.2, 0) is 16.6 Å². The molecule has 147 valence electrons. The van der Waals surface area contributed by atoms with E-state index in [2.05, 4.69) is 19.7 Å². The van der Waals surface area contributed by atoms with Gasteiger partial charge in [0.25, 0.3) is 0 Å². The standard InChI is InChI=1S/C16H15F2N3O4S.Na.H2O/c1-23-13-5-6-19-12(14(13)24-2)8-26(22)16-20-10-4-3-9(25-15(17)18)7-11(10)21-16;;/h3-7,15H,8H2,1-2H3,(H,20,21);;1H2/i1D3,2D3;;. The zero-order valence-electron chi connectivity index (χ0n) is 20.4.